The molecule has 0 saturated heterocycles. The number of carbonyl (C=O) groups is 1. The molecule has 0 heterocycles. The van der Waals surface area contributed by atoms with Gasteiger partial charge in [-0.15, -0.1) is 0 Å². The largest absolute Gasteiger partial charge is 0.436 e. The Labute approximate surface area is 143 Å². The third-order valence-electron chi connectivity index (χ3n) is 3.22. The topological polar surface area (TPSA) is 35.5 Å². The molecule has 6 heteroatoms. The van der Waals surface area contributed by atoms with Gasteiger partial charge in [0.1, 0.15) is 12.0 Å². The Morgan fingerprint density at radius 1 is 1.41 bits per heavy atom. The Morgan fingerprint density at radius 3 is 2.73 bits per heavy atom. The Kier molecular flexibility index (Phi) is 8.70. The molecular weight excluding hydrogens is 335 g/mol. The number of unbranched alkanes of at least 4 members (excludes halogenated alkanes) is 1. The van der Waals surface area contributed by atoms with E-state index in [2.05, 4.69) is 6.92 Å². The summed E-state index contributed by atoms with van der Waals surface area (Å²) in [6.45, 7) is 8.12. The van der Waals surface area contributed by atoms with E-state index in [1.54, 1.807) is 17.4 Å². The van der Waals surface area contributed by atoms with Crippen molar-refractivity contribution >= 4 is 35.2 Å². The van der Waals surface area contributed by atoms with Gasteiger partial charge in [-0.2, -0.15) is 0 Å². The van der Waals surface area contributed by atoms with Gasteiger partial charge in [0.25, 0.3) is 5.69 Å². The molecule has 0 fully saturated rings. The Bertz CT molecular complexity index is 534. The fraction of sp³-hybridized carbons (Fsp3) is 0.562. The van der Waals surface area contributed by atoms with Crippen molar-refractivity contribution in [2.75, 3.05) is 5.75 Å². The van der Waals surface area contributed by atoms with Crippen molar-refractivity contribution < 1.29 is 13.8 Å². The van der Waals surface area contributed by atoms with Gasteiger partial charge in [-0.05, 0) is 38.1 Å². The molecule has 1 aromatic rings. The molecule has 0 N–H and O–H groups in total. The van der Waals surface area contributed by atoms with E-state index in [1.165, 1.54) is 0 Å². The summed E-state index contributed by atoms with van der Waals surface area (Å²) in [5.41, 5.74) is -1.02. The molecule has 0 aliphatic heterocycles. The van der Waals surface area contributed by atoms with Crippen molar-refractivity contribution in [2.24, 2.45) is 0 Å². The fourth-order valence-electron chi connectivity index (χ4n) is 1.98. The van der Waals surface area contributed by atoms with Gasteiger partial charge < -0.3 is 9.05 Å². The molecule has 0 spiro atoms. The number of hydrogen-bond acceptors (Lipinski definition) is 5. The van der Waals surface area contributed by atoms with E-state index in [0.29, 0.717) is 11.3 Å². The first-order valence-corrected chi connectivity index (χ1v) is 11.9. The van der Waals surface area contributed by atoms with Crippen molar-refractivity contribution in [3.05, 3.63) is 29.3 Å². The molecule has 124 valence electrons. The first kappa shape index (κ1) is 19.7. The van der Waals surface area contributed by atoms with Gasteiger partial charge in [-0.1, -0.05) is 50.2 Å². The van der Waals surface area contributed by atoms with Crippen molar-refractivity contribution in [1.29, 1.82) is 0 Å². The van der Waals surface area contributed by atoms with Gasteiger partial charge in [-0.25, -0.2) is 0 Å². The molecule has 1 aromatic carbocycles. The van der Waals surface area contributed by atoms with Crippen molar-refractivity contribution in [3.63, 3.8) is 0 Å². The van der Waals surface area contributed by atoms with Gasteiger partial charge in [0.05, 0.1) is 6.10 Å². The molecule has 0 amide bonds. The summed E-state index contributed by atoms with van der Waals surface area (Å²) in [6.07, 6.45) is 4.16. The molecular formula is C16H25O3PS2. The number of rotatable bonds is 10. The highest BCUT2D eigenvalue weighted by Gasteiger charge is 2.25. The molecule has 2 unspecified atom stereocenters. The van der Waals surface area contributed by atoms with Crippen molar-refractivity contribution in [2.45, 2.75) is 53.1 Å². The van der Waals surface area contributed by atoms with Crippen LogP contribution in [0.5, 0.6) is 5.75 Å². The zero-order valence-electron chi connectivity index (χ0n) is 13.7. The minimum absolute atomic E-state index is 0.0828. The highest BCUT2D eigenvalue weighted by molar-refractivity contribution is 8.68. The highest BCUT2D eigenvalue weighted by Crippen LogP contribution is 2.61. The van der Waals surface area contributed by atoms with E-state index in [0.717, 1.165) is 36.9 Å². The summed E-state index contributed by atoms with van der Waals surface area (Å²) in [5.74, 6) is 1.49. The van der Waals surface area contributed by atoms with Crippen LogP contribution in [0.1, 0.15) is 56.0 Å². The van der Waals surface area contributed by atoms with Gasteiger partial charge in [0.15, 0.2) is 0 Å². The summed E-state index contributed by atoms with van der Waals surface area (Å²) < 4.78 is 12.2. The fourth-order valence-corrected chi connectivity index (χ4v) is 7.04. The average Bonchev–Trinajstić information content (AvgIpc) is 2.47. The van der Waals surface area contributed by atoms with Crippen LogP contribution in [0.25, 0.3) is 0 Å². The van der Waals surface area contributed by atoms with Crippen LogP contribution in [0.2, 0.25) is 0 Å². The second-order valence-corrected chi connectivity index (χ2v) is 11.6. The summed E-state index contributed by atoms with van der Waals surface area (Å²) in [5, 5.41) is 0. The van der Waals surface area contributed by atoms with Crippen LogP contribution >= 0.6 is 17.1 Å². The Morgan fingerprint density at radius 2 is 2.14 bits per heavy atom. The first-order chi connectivity index (χ1) is 10.5. The molecule has 22 heavy (non-hydrogen) atoms. The molecule has 0 aliphatic rings. The lowest BCUT2D eigenvalue weighted by Gasteiger charge is -2.26. The SMILES string of the molecule is CCCCC(C)OP(=S)(Oc1cccc(C=O)c1C)SCC. The van der Waals surface area contributed by atoms with Crippen LogP contribution in [0, 0.1) is 6.92 Å². The van der Waals surface area contributed by atoms with Crippen LogP contribution in [0.15, 0.2) is 18.2 Å². The maximum absolute atomic E-state index is 11.1. The van der Waals surface area contributed by atoms with E-state index in [9.17, 15) is 4.79 Å². The number of hydrogen-bond donors (Lipinski definition) is 0. The molecule has 0 bridgehead atoms. The second kappa shape index (κ2) is 9.71. The summed E-state index contributed by atoms with van der Waals surface area (Å²) in [4.78, 5) is 11.1. The zero-order valence-corrected chi connectivity index (χ0v) is 16.2. The predicted octanol–water partition coefficient (Wildman–Crippen LogP) is 5.76. The maximum atomic E-state index is 11.1. The number of carbonyl (C=O) groups excluding carboxylic acids is 1. The van der Waals surface area contributed by atoms with E-state index in [1.807, 2.05) is 32.9 Å². The van der Waals surface area contributed by atoms with Crippen LogP contribution < -0.4 is 4.52 Å². The smallest absolute Gasteiger partial charge is 0.297 e. The third-order valence-corrected chi connectivity index (χ3v) is 8.47. The summed E-state index contributed by atoms with van der Waals surface area (Å²) >= 11 is 7.24. The summed E-state index contributed by atoms with van der Waals surface area (Å²) in [7, 11) is 0. The lowest BCUT2D eigenvalue weighted by Crippen LogP contribution is -2.08. The molecule has 0 saturated carbocycles. The molecule has 3 nitrogen and oxygen atoms in total. The first-order valence-electron chi connectivity index (χ1n) is 7.63. The lowest BCUT2D eigenvalue weighted by atomic mass is 10.1. The van der Waals surface area contributed by atoms with Crippen molar-refractivity contribution in [1.82, 2.24) is 0 Å². The van der Waals surface area contributed by atoms with Gasteiger partial charge in [0.2, 0.25) is 0 Å². The minimum Gasteiger partial charge on any atom is -0.436 e. The van der Waals surface area contributed by atoms with Crippen LogP contribution in [-0.2, 0) is 16.3 Å². The average molecular weight is 360 g/mol. The van der Waals surface area contributed by atoms with E-state index >= 15 is 0 Å². The van der Waals surface area contributed by atoms with E-state index in [-0.39, 0.29) is 6.10 Å². The quantitative estimate of drug-likeness (QED) is 0.391. The standard InChI is InChI=1S/C16H25O3PS2/c1-5-7-9-13(3)18-20(21,22-6-2)19-16-11-8-10-15(12-17)14(16)4/h8,10-13H,5-7,9H2,1-4H3. The highest BCUT2D eigenvalue weighted by atomic mass is 32.9. The van der Waals surface area contributed by atoms with Crippen LogP contribution in [0.4, 0.5) is 0 Å². The zero-order chi connectivity index (χ0) is 16.6. The van der Waals surface area contributed by atoms with Gasteiger partial charge in [0, 0.05) is 16.9 Å². The van der Waals surface area contributed by atoms with Crippen molar-refractivity contribution in [3.8, 4) is 5.75 Å². The third kappa shape index (κ3) is 6.04. The molecule has 1 rings (SSSR count). The molecule has 0 aliphatic carbocycles. The normalized spacial score (nSPS) is 15.1. The van der Waals surface area contributed by atoms with Gasteiger partial charge >= 0.3 is 0 Å². The second-order valence-electron chi connectivity index (χ2n) is 5.10. The molecule has 0 aromatic heterocycles. The van der Waals surface area contributed by atoms with E-state index in [4.69, 9.17) is 20.9 Å². The predicted molar refractivity (Wildman–Crippen MR) is 99.7 cm³/mol. The van der Waals surface area contributed by atoms with Crippen LogP contribution in [0.3, 0.4) is 0 Å². The van der Waals surface area contributed by atoms with Gasteiger partial charge in [-0.3, -0.25) is 4.79 Å². The Balaban J connectivity index is 2.91. The van der Waals surface area contributed by atoms with Crippen LogP contribution in [-0.4, -0.2) is 18.1 Å². The number of aldehydes is 1. The maximum Gasteiger partial charge on any atom is 0.297 e. The molecule has 0 radical (unpaired) electrons. The number of benzene rings is 1. The Hall–Kier alpha value is -0.350. The summed E-state index contributed by atoms with van der Waals surface area (Å²) in [6, 6.07) is 5.43. The lowest BCUT2D eigenvalue weighted by molar-refractivity contribution is 0.112. The van der Waals surface area contributed by atoms with E-state index < -0.39 is 5.69 Å². The monoisotopic (exact) mass is 360 g/mol. The molecule has 2 atom stereocenters. The minimum atomic E-state index is -2.46.